The lowest BCUT2D eigenvalue weighted by Gasteiger charge is -2.10. The van der Waals surface area contributed by atoms with E-state index in [0.29, 0.717) is 21.8 Å². The highest BCUT2D eigenvalue weighted by molar-refractivity contribution is 6.33. The number of nitrogen functional groups attached to an aromatic ring is 1. The van der Waals surface area contributed by atoms with Gasteiger partial charge in [-0.2, -0.15) is 0 Å². The Morgan fingerprint density at radius 1 is 1.00 bits per heavy atom. The first-order valence-electron chi connectivity index (χ1n) is 5.26. The van der Waals surface area contributed by atoms with Crippen LogP contribution < -0.4 is 10.5 Å². The van der Waals surface area contributed by atoms with Crippen LogP contribution >= 0.6 is 11.6 Å². The van der Waals surface area contributed by atoms with Crippen LogP contribution in [0.2, 0.25) is 5.02 Å². The van der Waals surface area contributed by atoms with Gasteiger partial charge in [0.1, 0.15) is 5.75 Å². The third-order valence-electron chi connectivity index (χ3n) is 2.40. The van der Waals surface area contributed by atoms with Crippen molar-refractivity contribution in [2.75, 3.05) is 5.73 Å². The van der Waals surface area contributed by atoms with Gasteiger partial charge in [0.2, 0.25) is 0 Å². The predicted octanol–water partition coefficient (Wildman–Crippen LogP) is 4.49. The molecule has 0 amide bonds. The first kappa shape index (κ1) is 13.5. The molecule has 2 N–H and O–H groups in total. The van der Waals surface area contributed by atoms with Crippen LogP contribution in [0.3, 0.4) is 0 Å². The number of hydrogen-bond acceptors (Lipinski definition) is 2. The van der Waals surface area contributed by atoms with Crippen molar-refractivity contribution in [1.29, 1.82) is 0 Å². The summed E-state index contributed by atoms with van der Waals surface area (Å²) in [4.78, 5) is 0. The van der Waals surface area contributed by atoms with E-state index in [1.54, 1.807) is 24.3 Å². The Balaban J connectivity index is 2.35. The van der Waals surface area contributed by atoms with E-state index < -0.39 is 6.36 Å². The standard InChI is InChI=1S/C13H9ClF3NO/c14-11-5-4-9(7-12(11)18)8-2-1-3-10(6-8)19-13(15,16)17/h1-7H,18H2. The van der Waals surface area contributed by atoms with Crippen molar-refractivity contribution >= 4 is 17.3 Å². The molecule has 0 aliphatic heterocycles. The van der Waals surface area contributed by atoms with E-state index >= 15 is 0 Å². The molecule has 0 saturated carbocycles. The second-order valence-corrected chi connectivity index (χ2v) is 4.22. The zero-order chi connectivity index (χ0) is 14.0. The average Bonchev–Trinajstić information content (AvgIpc) is 2.31. The second-order valence-electron chi connectivity index (χ2n) is 3.81. The lowest BCUT2D eigenvalue weighted by atomic mass is 10.1. The van der Waals surface area contributed by atoms with Gasteiger partial charge in [-0.3, -0.25) is 0 Å². The summed E-state index contributed by atoms with van der Waals surface area (Å²) in [5.41, 5.74) is 7.24. The van der Waals surface area contributed by atoms with Gasteiger partial charge in [-0.1, -0.05) is 29.8 Å². The third-order valence-corrected chi connectivity index (χ3v) is 2.74. The Bertz CT molecular complexity index is 599. The molecule has 0 radical (unpaired) electrons. The topological polar surface area (TPSA) is 35.2 Å². The molecule has 2 rings (SSSR count). The fraction of sp³-hybridized carbons (Fsp3) is 0.0769. The Kier molecular flexibility index (Phi) is 3.57. The minimum atomic E-state index is -4.71. The number of nitrogens with two attached hydrogens (primary N) is 1. The fourth-order valence-electron chi connectivity index (χ4n) is 1.60. The van der Waals surface area contributed by atoms with E-state index in [-0.39, 0.29) is 5.75 Å². The molecular weight excluding hydrogens is 279 g/mol. The molecule has 0 aromatic heterocycles. The van der Waals surface area contributed by atoms with Gasteiger partial charge in [-0.15, -0.1) is 13.2 Å². The molecular formula is C13H9ClF3NO. The number of rotatable bonds is 2. The summed E-state index contributed by atoms with van der Waals surface area (Å²) >= 11 is 5.79. The second kappa shape index (κ2) is 5.01. The molecule has 6 heteroatoms. The number of halogens is 4. The summed E-state index contributed by atoms with van der Waals surface area (Å²) < 4.78 is 40.3. The SMILES string of the molecule is Nc1cc(-c2cccc(OC(F)(F)F)c2)ccc1Cl. The first-order chi connectivity index (χ1) is 8.85. The molecule has 0 bridgehead atoms. The predicted molar refractivity (Wildman–Crippen MR) is 68.0 cm³/mol. The molecule has 2 aromatic rings. The van der Waals surface area contributed by atoms with Crippen LogP contribution in [-0.4, -0.2) is 6.36 Å². The molecule has 0 unspecified atom stereocenters. The van der Waals surface area contributed by atoms with Gasteiger partial charge in [0, 0.05) is 0 Å². The van der Waals surface area contributed by atoms with Gasteiger partial charge in [-0.25, -0.2) is 0 Å². The number of ether oxygens (including phenoxy) is 1. The number of benzene rings is 2. The maximum absolute atomic E-state index is 12.1. The summed E-state index contributed by atoms with van der Waals surface area (Å²) in [5, 5.41) is 0.395. The smallest absolute Gasteiger partial charge is 0.406 e. The molecule has 0 aliphatic rings. The summed E-state index contributed by atoms with van der Waals surface area (Å²) in [6, 6.07) is 10.5. The molecule has 0 heterocycles. The molecule has 0 atom stereocenters. The van der Waals surface area contributed by atoms with Crippen molar-refractivity contribution < 1.29 is 17.9 Å². The lowest BCUT2D eigenvalue weighted by Crippen LogP contribution is -2.17. The van der Waals surface area contributed by atoms with Crippen molar-refractivity contribution in [2.45, 2.75) is 6.36 Å². The van der Waals surface area contributed by atoms with Gasteiger partial charge in [0.05, 0.1) is 10.7 Å². The zero-order valence-electron chi connectivity index (χ0n) is 9.54. The van der Waals surface area contributed by atoms with Crippen LogP contribution in [0.1, 0.15) is 0 Å². The largest absolute Gasteiger partial charge is 0.573 e. The molecule has 0 aliphatic carbocycles. The summed E-state index contributed by atoms with van der Waals surface area (Å²) in [7, 11) is 0. The quantitative estimate of drug-likeness (QED) is 0.826. The summed E-state index contributed by atoms with van der Waals surface area (Å²) in [6.07, 6.45) is -4.71. The third kappa shape index (κ3) is 3.54. The van der Waals surface area contributed by atoms with Crippen molar-refractivity contribution in [3.05, 3.63) is 47.5 Å². The van der Waals surface area contributed by atoms with Gasteiger partial charge in [0.15, 0.2) is 0 Å². The minimum absolute atomic E-state index is 0.279. The van der Waals surface area contributed by atoms with Crippen LogP contribution in [0.5, 0.6) is 5.75 Å². The van der Waals surface area contributed by atoms with E-state index in [2.05, 4.69) is 4.74 Å². The molecule has 0 spiro atoms. The van der Waals surface area contributed by atoms with Crippen molar-refractivity contribution in [2.24, 2.45) is 0 Å². The van der Waals surface area contributed by atoms with Gasteiger partial charge in [0.25, 0.3) is 0 Å². The molecule has 100 valence electrons. The highest BCUT2D eigenvalue weighted by Gasteiger charge is 2.31. The number of anilines is 1. The van der Waals surface area contributed by atoms with Gasteiger partial charge < -0.3 is 10.5 Å². The molecule has 0 fully saturated rings. The summed E-state index contributed by atoms with van der Waals surface area (Å²) in [6.45, 7) is 0. The molecule has 2 nitrogen and oxygen atoms in total. The summed E-state index contributed by atoms with van der Waals surface area (Å²) in [5.74, 6) is -0.279. The van der Waals surface area contributed by atoms with E-state index in [0.717, 1.165) is 0 Å². The molecule has 0 saturated heterocycles. The van der Waals surface area contributed by atoms with Crippen LogP contribution in [-0.2, 0) is 0 Å². The van der Waals surface area contributed by atoms with Crippen LogP contribution in [0.25, 0.3) is 11.1 Å². The Labute approximate surface area is 112 Å². The van der Waals surface area contributed by atoms with E-state index in [1.165, 1.54) is 18.2 Å². The minimum Gasteiger partial charge on any atom is -0.406 e. The van der Waals surface area contributed by atoms with Gasteiger partial charge in [-0.05, 0) is 35.4 Å². The maximum atomic E-state index is 12.1. The van der Waals surface area contributed by atoms with E-state index in [4.69, 9.17) is 17.3 Å². The Hall–Kier alpha value is -1.88. The Morgan fingerprint density at radius 3 is 2.32 bits per heavy atom. The fourth-order valence-corrected chi connectivity index (χ4v) is 1.71. The number of alkyl halides is 3. The molecule has 19 heavy (non-hydrogen) atoms. The van der Waals surface area contributed by atoms with Crippen LogP contribution in [0.4, 0.5) is 18.9 Å². The van der Waals surface area contributed by atoms with Crippen molar-refractivity contribution in [3.8, 4) is 16.9 Å². The monoisotopic (exact) mass is 287 g/mol. The first-order valence-corrected chi connectivity index (χ1v) is 5.64. The van der Waals surface area contributed by atoms with Crippen molar-refractivity contribution in [1.82, 2.24) is 0 Å². The van der Waals surface area contributed by atoms with Crippen LogP contribution in [0.15, 0.2) is 42.5 Å². The molecule has 2 aromatic carbocycles. The lowest BCUT2D eigenvalue weighted by molar-refractivity contribution is -0.274. The van der Waals surface area contributed by atoms with Crippen LogP contribution in [0, 0.1) is 0 Å². The average molecular weight is 288 g/mol. The highest BCUT2D eigenvalue weighted by Crippen LogP contribution is 2.30. The zero-order valence-corrected chi connectivity index (χ0v) is 10.3. The normalized spacial score (nSPS) is 11.4. The highest BCUT2D eigenvalue weighted by atomic mass is 35.5. The number of hydrogen-bond donors (Lipinski definition) is 1. The maximum Gasteiger partial charge on any atom is 0.573 e. The Morgan fingerprint density at radius 2 is 1.68 bits per heavy atom. The van der Waals surface area contributed by atoms with Crippen molar-refractivity contribution in [3.63, 3.8) is 0 Å². The van der Waals surface area contributed by atoms with Gasteiger partial charge >= 0.3 is 6.36 Å². The van der Waals surface area contributed by atoms with E-state index in [9.17, 15) is 13.2 Å². The van der Waals surface area contributed by atoms with E-state index in [1.807, 2.05) is 0 Å².